The van der Waals surface area contributed by atoms with Crippen LogP contribution in [-0.2, 0) is 0 Å². The molecule has 2 aromatic heterocycles. The molecule has 2 N–H and O–H groups in total. The molecule has 102 valence electrons. The molecule has 0 saturated heterocycles. The van der Waals surface area contributed by atoms with Gasteiger partial charge in [-0.25, -0.2) is 4.39 Å². The highest BCUT2D eigenvalue weighted by molar-refractivity contribution is 5.83. The monoisotopic (exact) mass is 270 g/mol. The first-order chi connectivity index (χ1) is 9.56. The summed E-state index contributed by atoms with van der Waals surface area (Å²) in [5.74, 6) is 0.294. The maximum atomic E-state index is 12.9. The third kappa shape index (κ3) is 2.08. The first-order valence-corrected chi connectivity index (χ1v) is 6.43. The van der Waals surface area contributed by atoms with E-state index >= 15 is 0 Å². The molecule has 0 spiro atoms. The smallest absolute Gasteiger partial charge is 0.141 e. The van der Waals surface area contributed by atoms with Gasteiger partial charge in [-0.2, -0.15) is 0 Å². The molecule has 20 heavy (non-hydrogen) atoms. The fourth-order valence-corrected chi connectivity index (χ4v) is 2.36. The van der Waals surface area contributed by atoms with Crippen molar-refractivity contribution in [2.24, 2.45) is 5.73 Å². The van der Waals surface area contributed by atoms with Gasteiger partial charge < -0.3 is 10.2 Å². The quantitative estimate of drug-likeness (QED) is 0.773. The summed E-state index contributed by atoms with van der Waals surface area (Å²) < 4.78 is 18.8. The summed E-state index contributed by atoms with van der Waals surface area (Å²) in [7, 11) is 0. The van der Waals surface area contributed by atoms with Crippen molar-refractivity contribution in [2.45, 2.75) is 19.9 Å². The normalized spacial score (nSPS) is 12.8. The largest absolute Gasteiger partial charge is 0.459 e. The van der Waals surface area contributed by atoms with E-state index in [1.165, 1.54) is 11.6 Å². The average Bonchev–Trinajstić information content (AvgIpc) is 2.76. The molecule has 4 heteroatoms. The highest BCUT2D eigenvalue weighted by atomic mass is 19.1. The Kier molecular flexibility index (Phi) is 3.03. The second-order valence-corrected chi connectivity index (χ2v) is 4.97. The number of hydrogen-bond acceptors (Lipinski definition) is 3. The van der Waals surface area contributed by atoms with E-state index in [1.807, 2.05) is 26.0 Å². The Bertz CT molecular complexity index is 762. The first-order valence-electron chi connectivity index (χ1n) is 6.43. The summed E-state index contributed by atoms with van der Waals surface area (Å²) in [5.41, 5.74) is 9.75. The Hall–Kier alpha value is -2.20. The van der Waals surface area contributed by atoms with Crippen LogP contribution in [0.1, 0.15) is 28.6 Å². The highest BCUT2D eigenvalue weighted by Gasteiger charge is 2.19. The van der Waals surface area contributed by atoms with Crippen LogP contribution in [0.5, 0.6) is 0 Å². The van der Waals surface area contributed by atoms with Crippen molar-refractivity contribution in [2.75, 3.05) is 0 Å². The predicted octanol–water partition coefficient (Wildman–Crippen LogP) is 3.63. The zero-order chi connectivity index (χ0) is 14.3. The van der Waals surface area contributed by atoms with Crippen molar-refractivity contribution in [1.29, 1.82) is 0 Å². The standard InChI is InChI=1S/C16H15FN2O/c1-9-3-6-14-12(7-9)10(2)16(20-14)15(18)13-5-4-11(17)8-19-13/h3-8,15H,18H2,1-2H3. The Morgan fingerprint density at radius 3 is 2.70 bits per heavy atom. The highest BCUT2D eigenvalue weighted by Crippen LogP contribution is 2.31. The van der Waals surface area contributed by atoms with E-state index in [2.05, 4.69) is 11.1 Å². The van der Waals surface area contributed by atoms with Gasteiger partial charge in [-0.3, -0.25) is 4.98 Å². The number of benzene rings is 1. The number of furan rings is 1. The van der Waals surface area contributed by atoms with Gasteiger partial charge in [-0.1, -0.05) is 11.6 Å². The maximum Gasteiger partial charge on any atom is 0.141 e. The minimum absolute atomic E-state index is 0.377. The molecule has 1 atom stereocenters. The van der Waals surface area contributed by atoms with Crippen molar-refractivity contribution in [3.63, 3.8) is 0 Å². The van der Waals surface area contributed by atoms with Crippen LogP contribution in [0.4, 0.5) is 4.39 Å². The minimum atomic E-state index is -0.497. The SMILES string of the molecule is Cc1ccc2oc(C(N)c3ccc(F)cn3)c(C)c2c1. The fraction of sp³-hybridized carbons (Fsp3) is 0.188. The fourth-order valence-electron chi connectivity index (χ4n) is 2.36. The van der Waals surface area contributed by atoms with Gasteiger partial charge in [0.15, 0.2) is 0 Å². The number of fused-ring (bicyclic) bond motifs is 1. The number of nitrogens with two attached hydrogens (primary N) is 1. The minimum Gasteiger partial charge on any atom is -0.459 e. The molecule has 0 amide bonds. The van der Waals surface area contributed by atoms with Gasteiger partial charge in [0.1, 0.15) is 23.2 Å². The van der Waals surface area contributed by atoms with E-state index in [1.54, 1.807) is 6.07 Å². The molecule has 0 aliphatic carbocycles. The summed E-state index contributed by atoms with van der Waals surface area (Å²) in [5, 5.41) is 1.05. The van der Waals surface area contributed by atoms with Crippen molar-refractivity contribution in [3.8, 4) is 0 Å². The van der Waals surface area contributed by atoms with Crippen LogP contribution in [0.2, 0.25) is 0 Å². The molecule has 0 fully saturated rings. The van der Waals surface area contributed by atoms with Gasteiger partial charge in [0.05, 0.1) is 11.9 Å². The first kappa shape index (κ1) is 12.8. The molecule has 0 aliphatic heterocycles. The van der Waals surface area contributed by atoms with Crippen LogP contribution in [0.3, 0.4) is 0 Å². The van der Waals surface area contributed by atoms with E-state index < -0.39 is 6.04 Å². The van der Waals surface area contributed by atoms with Crippen LogP contribution >= 0.6 is 0 Å². The van der Waals surface area contributed by atoms with E-state index in [0.29, 0.717) is 11.5 Å². The number of halogens is 1. The molecule has 3 rings (SSSR count). The van der Waals surface area contributed by atoms with Gasteiger partial charge >= 0.3 is 0 Å². The van der Waals surface area contributed by atoms with E-state index in [-0.39, 0.29) is 5.82 Å². The van der Waals surface area contributed by atoms with Gasteiger partial charge in [0.25, 0.3) is 0 Å². The second-order valence-electron chi connectivity index (χ2n) is 4.97. The van der Waals surface area contributed by atoms with Crippen molar-refractivity contribution in [3.05, 3.63) is 64.9 Å². The van der Waals surface area contributed by atoms with Gasteiger partial charge in [-0.05, 0) is 38.1 Å². The number of nitrogens with zero attached hydrogens (tertiary/aromatic N) is 1. The van der Waals surface area contributed by atoms with E-state index in [0.717, 1.165) is 22.7 Å². The molecular formula is C16H15FN2O. The third-order valence-corrected chi connectivity index (χ3v) is 3.48. The van der Waals surface area contributed by atoms with Crippen LogP contribution in [-0.4, -0.2) is 4.98 Å². The Morgan fingerprint density at radius 2 is 2.00 bits per heavy atom. The molecule has 0 radical (unpaired) electrons. The molecule has 0 saturated carbocycles. The van der Waals surface area contributed by atoms with E-state index in [9.17, 15) is 4.39 Å². The lowest BCUT2D eigenvalue weighted by Crippen LogP contribution is -2.13. The Morgan fingerprint density at radius 1 is 1.20 bits per heavy atom. The molecular weight excluding hydrogens is 255 g/mol. The molecule has 0 bridgehead atoms. The summed E-state index contributed by atoms with van der Waals surface area (Å²) >= 11 is 0. The van der Waals surface area contributed by atoms with Gasteiger partial charge in [-0.15, -0.1) is 0 Å². The van der Waals surface area contributed by atoms with Crippen molar-refractivity contribution < 1.29 is 8.81 Å². The van der Waals surface area contributed by atoms with Gasteiger partial charge in [0, 0.05) is 10.9 Å². The van der Waals surface area contributed by atoms with Crippen LogP contribution in [0.15, 0.2) is 40.9 Å². The third-order valence-electron chi connectivity index (χ3n) is 3.48. The predicted molar refractivity (Wildman–Crippen MR) is 75.9 cm³/mol. The van der Waals surface area contributed by atoms with E-state index in [4.69, 9.17) is 10.2 Å². The number of aromatic nitrogens is 1. The average molecular weight is 270 g/mol. The summed E-state index contributed by atoms with van der Waals surface area (Å²) in [6.45, 7) is 4.01. The lowest BCUT2D eigenvalue weighted by Gasteiger charge is -2.09. The molecule has 0 aliphatic rings. The van der Waals surface area contributed by atoms with Crippen LogP contribution in [0, 0.1) is 19.7 Å². The molecule has 1 unspecified atom stereocenters. The van der Waals surface area contributed by atoms with Crippen LogP contribution < -0.4 is 5.73 Å². The molecule has 1 aromatic carbocycles. The Balaban J connectivity index is 2.09. The number of aryl methyl sites for hydroxylation is 2. The zero-order valence-electron chi connectivity index (χ0n) is 11.4. The topological polar surface area (TPSA) is 52.0 Å². The van der Waals surface area contributed by atoms with Crippen LogP contribution in [0.25, 0.3) is 11.0 Å². The van der Waals surface area contributed by atoms with Crippen molar-refractivity contribution >= 4 is 11.0 Å². The number of rotatable bonds is 2. The summed E-state index contributed by atoms with van der Waals surface area (Å²) in [6.07, 6.45) is 1.16. The maximum absolute atomic E-state index is 12.9. The van der Waals surface area contributed by atoms with Crippen molar-refractivity contribution in [1.82, 2.24) is 4.98 Å². The number of pyridine rings is 1. The Labute approximate surface area is 116 Å². The second kappa shape index (κ2) is 4.72. The summed E-state index contributed by atoms with van der Waals surface area (Å²) in [4.78, 5) is 4.02. The lowest BCUT2D eigenvalue weighted by molar-refractivity contribution is 0.515. The molecule has 3 aromatic rings. The molecule has 2 heterocycles. The number of hydrogen-bond donors (Lipinski definition) is 1. The van der Waals surface area contributed by atoms with Gasteiger partial charge in [0.2, 0.25) is 0 Å². The lowest BCUT2D eigenvalue weighted by atomic mass is 10.0. The molecule has 3 nitrogen and oxygen atoms in total. The summed E-state index contributed by atoms with van der Waals surface area (Å²) in [6, 6.07) is 8.44. The zero-order valence-corrected chi connectivity index (χ0v) is 11.4.